The fraction of sp³-hybridized carbons (Fsp3) is 0.885. The number of Topliss-reactive ketones (excluding diaryl/α,β-unsaturated/α-hetero) is 1. The molecular formula is C26H46N2O7. The predicted octanol–water partition coefficient (Wildman–Crippen LogP) is 3.03. The number of nitrogens with zero attached hydrogens (tertiary/aromatic N) is 1. The number of imide groups is 1. The molecule has 2 fully saturated rings. The van der Waals surface area contributed by atoms with E-state index in [1.165, 1.54) is 64.7 Å². The van der Waals surface area contributed by atoms with E-state index in [-0.39, 0.29) is 18.7 Å². The van der Waals surface area contributed by atoms with Crippen molar-refractivity contribution in [2.24, 2.45) is 5.41 Å². The molecule has 0 radical (unpaired) electrons. The molecule has 0 bridgehead atoms. The summed E-state index contributed by atoms with van der Waals surface area (Å²) in [7, 11) is 0. The van der Waals surface area contributed by atoms with Crippen molar-refractivity contribution in [3.63, 3.8) is 0 Å². The summed E-state index contributed by atoms with van der Waals surface area (Å²) in [5.41, 5.74) is -1.46. The van der Waals surface area contributed by atoms with E-state index in [9.17, 15) is 29.7 Å². The summed E-state index contributed by atoms with van der Waals surface area (Å²) >= 11 is 0. The zero-order chi connectivity index (χ0) is 25.8. The van der Waals surface area contributed by atoms with Crippen molar-refractivity contribution >= 4 is 17.7 Å². The minimum Gasteiger partial charge on any atom is -0.394 e. The topological polar surface area (TPSA) is 136 Å². The molecule has 2 saturated heterocycles. The van der Waals surface area contributed by atoms with Crippen LogP contribution < -0.4 is 5.32 Å². The van der Waals surface area contributed by atoms with Crippen LogP contribution in [0, 0.1) is 5.41 Å². The van der Waals surface area contributed by atoms with Gasteiger partial charge in [0.2, 0.25) is 5.91 Å². The first-order chi connectivity index (χ1) is 16.8. The van der Waals surface area contributed by atoms with Gasteiger partial charge in [0.15, 0.2) is 6.23 Å². The lowest BCUT2D eigenvalue weighted by atomic mass is 9.80. The molecule has 2 aliphatic rings. The Morgan fingerprint density at radius 1 is 0.943 bits per heavy atom. The predicted molar refractivity (Wildman–Crippen MR) is 131 cm³/mol. The van der Waals surface area contributed by atoms with Crippen molar-refractivity contribution in [1.82, 2.24) is 10.2 Å². The van der Waals surface area contributed by atoms with Gasteiger partial charge in [-0.05, 0) is 13.3 Å². The number of urea groups is 1. The quantitative estimate of drug-likeness (QED) is 0.179. The van der Waals surface area contributed by atoms with Crippen LogP contribution in [0.2, 0.25) is 0 Å². The van der Waals surface area contributed by atoms with E-state index in [0.29, 0.717) is 6.42 Å². The van der Waals surface area contributed by atoms with Gasteiger partial charge < -0.3 is 20.1 Å². The highest BCUT2D eigenvalue weighted by Crippen LogP contribution is 2.32. The molecule has 9 nitrogen and oxygen atoms in total. The lowest BCUT2D eigenvalue weighted by Crippen LogP contribution is -2.65. The van der Waals surface area contributed by atoms with Crippen LogP contribution in [0.1, 0.15) is 104 Å². The molecule has 1 unspecified atom stereocenters. The third-order valence-electron chi connectivity index (χ3n) is 7.42. The average molecular weight is 499 g/mol. The molecule has 0 aliphatic carbocycles. The Morgan fingerprint density at radius 3 is 1.94 bits per heavy atom. The van der Waals surface area contributed by atoms with Crippen LogP contribution >= 0.6 is 0 Å². The first-order valence-corrected chi connectivity index (χ1v) is 13.5. The Bertz CT molecular complexity index is 689. The smallest absolute Gasteiger partial charge is 0.326 e. The van der Waals surface area contributed by atoms with Crippen LogP contribution in [0.5, 0.6) is 0 Å². The Labute approximate surface area is 209 Å². The summed E-state index contributed by atoms with van der Waals surface area (Å²) in [6.07, 6.45) is 10.7. The number of amides is 3. The number of hydrogen-bond donors (Lipinski definition) is 4. The molecule has 2 aliphatic heterocycles. The fourth-order valence-electron chi connectivity index (χ4n) is 4.93. The Hall–Kier alpha value is -1.55. The second-order valence-electron chi connectivity index (χ2n) is 10.4. The number of carbonyl (C=O) groups excluding carboxylic acids is 3. The lowest BCUT2D eigenvalue weighted by molar-refractivity contribution is -0.149. The van der Waals surface area contributed by atoms with Gasteiger partial charge in [0.1, 0.15) is 29.5 Å². The van der Waals surface area contributed by atoms with E-state index in [2.05, 4.69) is 12.2 Å². The average Bonchev–Trinajstić information content (AvgIpc) is 3.12. The number of carbonyl (C=O) groups is 3. The van der Waals surface area contributed by atoms with Gasteiger partial charge in [-0.1, -0.05) is 84.0 Å². The zero-order valence-electron chi connectivity index (χ0n) is 21.5. The molecule has 0 aromatic rings. The minimum absolute atomic E-state index is 0.236. The maximum Gasteiger partial charge on any atom is 0.326 e. The number of rotatable bonds is 17. The van der Waals surface area contributed by atoms with Crippen LogP contribution in [0.25, 0.3) is 0 Å². The maximum absolute atomic E-state index is 13.0. The van der Waals surface area contributed by atoms with E-state index < -0.39 is 48.5 Å². The van der Waals surface area contributed by atoms with E-state index in [0.717, 1.165) is 24.2 Å². The Balaban J connectivity index is 1.69. The number of unbranched alkanes of at least 4 members (excludes halogenated alkanes) is 12. The largest absolute Gasteiger partial charge is 0.394 e. The Morgan fingerprint density at radius 2 is 1.46 bits per heavy atom. The first-order valence-electron chi connectivity index (χ1n) is 13.5. The standard InChI is InChI=1S/C26H46N2O7/c1-3-4-5-6-7-8-9-10-11-12-13-14-15-16-20(30)26(2)18-28(25(34)27-24(26)33)23-22(32)21(31)19(17-29)35-23/h19,21-23,29,31-32H,3-18H2,1-2H3,(H,27,33,34)/t19-,21-,22+,23-,26?/m1/s1. The lowest BCUT2D eigenvalue weighted by Gasteiger charge is -2.41. The van der Waals surface area contributed by atoms with Crippen molar-refractivity contribution in [2.75, 3.05) is 13.2 Å². The third kappa shape index (κ3) is 8.23. The molecular weight excluding hydrogens is 452 g/mol. The van der Waals surface area contributed by atoms with Gasteiger partial charge in [0.25, 0.3) is 0 Å². The van der Waals surface area contributed by atoms with Gasteiger partial charge >= 0.3 is 6.03 Å². The van der Waals surface area contributed by atoms with Gasteiger partial charge in [-0.25, -0.2) is 4.79 Å². The minimum atomic E-state index is -1.46. The summed E-state index contributed by atoms with van der Waals surface area (Å²) in [4.78, 5) is 39.0. The number of aliphatic hydroxyl groups is 3. The highest BCUT2D eigenvalue weighted by atomic mass is 16.6. The highest BCUT2D eigenvalue weighted by molar-refractivity contribution is 6.12. The van der Waals surface area contributed by atoms with Crippen LogP contribution in [-0.2, 0) is 14.3 Å². The molecule has 2 rings (SSSR count). The molecule has 0 aromatic heterocycles. The van der Waals surface area contributed by atoms with Crippen molar-refractivity contribution in [3.05, 3.63) is 0 Å². The molecule has 0 saturated carbocycles. The molecule has 9 heteroatoms. The van der Waals surface area contributed by atoms with Gasteiger partial charge in [0.05, 0.1) is 6.61 Å². The van der Waals surface area contributed by atoms with Crippen molar-refractivity contribution in [1.29, 1.82) is 0 Å². The molecule has 35 heavy (non-hydrogen) atoms. The number of nitrogens with one attached hydrogen (secondary N) is 1. The number of ketones is 1. The second-order valence-corrected chi connectivity index (χ2v) is 10.4. The maximum atomic E-state index is 13.0. The molecule has 5 atom stereocenters. The van der Waals surface area contributed by atoms with Crippen LogP contribution in [0.15, 0.2) is 0 Å². The van der Waals surface area contributed by atoms with Crippen molar-refractivity contribution in [3.8, 4) is 0 Å². The van der Waals surface area contributed by atoms with Gasteiger partial charge in [-0.15, -0.1) is 0 Å². The SMILES string of the molecule is CCCCCCCCCCCCCCCC(=O)C1(C)CN([C@@H]2O[C@H](CO)[C@@H](O)[C@@H]2O)C(=O)NC1=O. The fourth-order valence-corrected chi connectivity index (χ4v) is 4.93. The number of hydrogen-bond acceptors (Lipinski definition) is 7. The normalized spacial score (nSPS) is 29.0. The van der Waals surface area contributed by atoms with E-state index in [1.54, 1.807) is 0 Å². The van der Waals surface area contributed by atoms with Crippen LogP contribution in [0.4, 0.5) is 4.79 Å². The summed E-state index contributed by atoms with van der Waals surface area (Å²) in [5.74, 6) is -0.924. The van der Waals surface area contributed by atoms with E-state index in [4.69, 9.17) is 4.74 Å². The summed E-state index contributed by atoms with van der Waals surface area (Å²) < 4.78 is 5.43. The van der Waals surface area contributed by atoms with E-state index in [1.807, 2.05) is 0 Å². The molecule has 3 amide bonds. The first kappa shape index (κ1) is 29.7. The van der Waals surface area contributed by atoms with Crippen LogP contribution in [-0.4, -0.2) is 75.6 Å². The second kappa shape index (κ2) is 14.9. The molecule has 0 spiro atoms. The molecule has 202 valence electrons. The number of aliphatic hydroxyl groups excluding tert-OH is 3. The van der Waals surface area contributed by atoms with Crippen molar-refractivity contribution < 1.29 is 34.4 Å². The molecule has 0 aromatic carbocycles. The third-order valence-corrected chi connectivity index (χ3v) is 7.42. The molecule has 2 heterocycles. The highest BCUT2D eigenvalue weighted by Gasteiger charge is 2.53. The van der Waals surface area contributed by atoms with Gasteiger partial charge in [-0.3, -0.25) is 19.8 Å². The van der Waals surface area contributed by atoms with Crippen LogP contribution in [0.3, 0.4) is 0 Å². The zero-order valence-corrected chi connectivity index (χ0v) is 21.5. The van der Waals surface area contributed by atoms with Crippen molar-refractivity contribution in [2.45, 2.75) is 128 Å². The monoisotopic (exact) mass is 498 g/mol. The van der Waals surface area contributed by atoms with Gasteiger partial charge in [0, 0.05) is 13.0 Å². The summed E-state index contributed by atoms with van der Waals surface area (Å²) in [6.45, 7) is 2.95. The van der Waals surface area contributed by atoms with Gasteiger partial charge in [-0.2, -0.15) is 0 Å². The van der Waals surface area contributed by atoms with E-state index >= 15 is 0 Å². The summed E-state index contributed by atoms with van der Waals surface area (Å²) in [6, 6.07) is -0.795. The Kier molecular flexibility index (Phi) is 12.6. The molecule has 4 N–H and O–H groups in total. The summed E-state index contributed by atoms with van der Waals surface area (Å²) in [5, 5.41) is 31.7. The number of ether oxygens (including phenoxy) is 1.